The standard InChI is InChI=1S/C18H27NO/c1-17(2)10-12-19(13-11-17)14-18(3,4)16(20)15-8-6-5-7-9-15/h5-9H,10-14H2,1-4H3. The number of Topliss-reactive ketones (excluding diaryl/α,β-unsaturated/α-hetero) is 1. The van der Waals surface area contributed by atoms with Gasteiger partial charge in [0.25, 0.3) is 0 Å². The van der Waals surface area contributed by atoms with Crippen LogP contribution >= 0.6 is 0 Å². The minimum absolute atomic E-state index is 0.253. The van der Waals surface area contributed by atoms with Gasteiger partial charge in [-0.15, -0.1) is 0 Å². The first-order valence-corrected chi connectivity index (χ1v) is 7.62. The maximum Gasteiger partial charge on any atom is 0.169 e. The third kappa shape index (κ3) is 3.69. The maximum atomic E-state index is 12.6. The van der Waals surface area contributed by atoms with E-state index in [0.29, 0.717) is 5.41 Å². The van der Waals surface area contributed by atoms with E-state index in [1.165, 1.54) is 12.8 Å². The number of carbonyl (C=O) groups is 1. The van der Waals surface area contributed by atoms with Crippen molar-refractivity contribution in [3.8, 4) is 0 Å². The Bertz CT molecular complexity index is 452. The van der Waals surface area contributed by atoms with Crippen molar-refractivity contribution in [3.05, 3.63) is 35.9 Å². The van der Waals surface area contributed by atoms with Crippen molar-refractivity contribution in [2.45, 2.75) is 40.5 Å². The van der Waals surface area contributed by atoms with E-state index in [1.54, 1.807) is 0 Å². The van der Waals surface area contributed by atoms with E-state index in [9.17, 15) is 4.79 Å². The summed E-state index contributed by atoms with van der Waals surface area (Å²) in [5.41, 5.74) is 0.974. The summed E-state index contributed by atoms with van der Waals surface area (Å²) in [6.07, 6.45) is 2.45. The average molecular weight is 273 g/mol. The number of hydrogen-bond acceptors (Lipinski definition) is 2. The molecule has 20 heavy (non-hydrogen) atoms. The van der Waals surface area contributed by atoms with Crippen LogP contribution in [-0.4, -0.2) is 30.3 Å². The molecule has 0 N–H and O–H groups in total. The van der Waals surface area contributed by atoms with Crippen molar-refractivity contribution >= 4 is 5.78 Å². The van der Waals surface area contributed by atoms with Gasteiger partial charge in [0.2, 0.25) is 0 Å². The number of likely N-dealkylation sites (tertiary alicyclic amines) is 1. The summed E-state index contributed by atoms with van der Waals surface area (Å²) < 4.78 is 0. The number of carbonyl (C=O) groups excluding carboxylic acids is 1. The second-order valence-corrected chi connectivity index (χ2v) is 7.52. The Morgan fingerprint density at radius 2 is 1.70 bits per heavy atom. The minimum Gasteiger partial charge on any atom is -0.302 e. The second kappa shape index (κ2) is 5.69. The van der Waals surface area contributed by atoms with Crippen LogP contribution in [0.15, 0.2) is 30.3 Å². The fourth-order valence-corrected chi connectivity index (χ4v) is 2.93. The highest BCUT2D eigenvalue weighted by Crippen LogP contribution is 2.32. The Kier molecular flexibility index (Phi) is 4.33. The number of rotatable bonds is 4. The van der Waals surface area contributed by atoms with Gasteiger partial charge < -0.3 is 4.90 Å². The SMILES string of the molecule is CC1(C)CCN(CC(C)(C)C(=O)c2ccccc2)CC1. The van der Waals surface area contributed by atoms with Crippen LogP contribution in [0, 0.1) is 10.8 Å². The van der Waals surface area contributed by atoms with Gasteiger partial charge >= 0.3 is 0 Å². The van der Waals surface area contributed by atoms with Gasteiger partial charge in [0.05, 0.1) is 0 Å². The van der Waals surface area contributed by atoms with E-state index in [-0.39, 0.29) is 11.2 Å². The van der Waals surface area contributed by atoms with E-state index in [4.69, 9.17) is 0 Å². The molecule has 0 saturated carbocycles. The lowest BCUT2D eigenvalue weighted by Gasteiger charge is -2.40. The van der Waals surface area contributed by atoms with Gasteiger partial charge in [-0.25, -0.2) is 0 Å². The predicted octanol–water partition coefficient (Wildman–Crippen LogP) is 4.02. The number of hydrogen-bond donors (Lipinski definition) is 0. The molecule has 0 atom stereocenters. The monoisotopic (exact) mass is 273 g/mol. The maximum absolute atomic E-state index is 12.6. The fourth-order valence-electron chi connectivity index (χ4n) is 2.93. The molecule has 1 aromatic rings. The van der Waals surface area contributed by atoms with Crippen LogP contribution in [0.25, 0.3) is 0 Å². The molecule has 0 radical (unpaired) electrons. The molecule has 1 fully saturated rings. The van der Waals surface area contributed by atoms with E-state index in [2.05, 4.69) is 32.6 Å². The molecule has 1 heterocycles. The summed E-state index contributed by atoms with van der Waals surface area (Å²) in [5.74, 6) is 0.253. The van der Waals surface area contributed by atoms with E-state index >= 15 is 0 Å². The highest BCUT2D eigenvalue weighted by atomic mass is 16.1. The smallest absolute Gasteiger partial charge is 0.169 e. The average Bonchev–Trinajstić information content (AvgIpc) is 2.41. The Hall–Kier alpha value is -1.15. The summed E-state index contributed by atoms with van der Waals surface area (Å²) >= 11 is 0. The third-order valence-electron chi connectivity index (χ3n) is 4.48. The molecule has 0 aliphatic carbocycles. The van der Waals surface area contributed by atoms with E-state index < -0.39 is 0 Å². The molecule has 0 unspecified atom stereocenters. The number of benzene rings is 1. The fraction of sp³-hybridized carbons (Fsp3) is 0.611. The molecule has 0 bridgehead atoms. The highest BCUT2D eigenvalue weighted by molar-refractivity contribution is 6.00. The molecule has 2 nitrogen and oxygen atoms in total. The predicted molar refractivity (Wildman–Crippen MR) is 84.0 cm³/mol. The van der Waals surface area contributed by atoms with Gasteiger partial charge in [-0.1, -0.05) is 58.0 Å². The molecule has 1 saturated heterocycles. The van der Waals surface area contributed by atoms with Crippen LogP contribution in [-0.2, 0) is 0 Å². The Morgan fingerprint density at radius 1 is 1.15 bits per heavy atom. The number of ketones is 1. The quantitative estimate of drug-likeness (QED) is 0.772. The van der Waals surface area contributed by atoms with Gasteiger partial charge in [-0.2, -0.15) is 0 Å². The van der Waals surface area contributed by atoms with Gasteiger partial charge in [0.1, 0.15) is 0 Å². The lowest BCUT2D eigenvalue weighted by molar-refractivity contribution is 0.0661. The zero-order chi connectivity index (χ0) is 14.8. The number of nitrogens with zero attached hydrogens (tertiary/aromatic N) is 1. The zero-order valence-electron chi connectivity index (χ0n) is 13.3. The van der Waals surface area contributed by atoms with Gasteiger partial charge in [-0.3, -0.25) is 4.79 Å². The summed E-state index contributed by atoms with van der Waals surface area (Å²) in [6, 6.07) is 9.67. The van der Waals surface area contributed by atoms with Crippen molar-refractivity contribution in [1.29, 1.82) is 0 Å². The first-order chi connectivity index (χ1) is 9.30. The highest BCUT2D eigenvalue weighted by Gasteiger charge is 2.33. The van der Waals surface area contributed by atoms with Crippen LogP contribution in [0.1, 0.15) is 50.9 Å². The summed E-state index contributed by atoms with van der Waals surface area (Å²) in [7, 11) is 0. The topological polar surface area (TPSA) is 20.3 Å². The largest absolute Gasteiger partial charge is 0.302 e. The first-order valence-electron chi connectivity index (χ1n) is 7.62. The lowest BCUT2D eigenvalue weighted by Crippen LogP contribution is -2.44. The molecule has 0 aromatic heterocycles. The molecule has 110 valence electrons. The summed E-state index contributed by atoms with van der Waals surface area (Å²) in [6.45, 7) is 11.9. The van der Waals surface area contributed by atoms with E-state index in [1.807, 2.05) is 30.3 Å². The van der Waals surface area contributed by atoms with Crippen molar-refractivity contribution < 1.29 is 4.79 Å². The Balaban J connectivity index is 1.99. The second-order valence-electron chi connectivity index (χ2n) is 7.52. The van der Waals surface area contributed by atoms with Gasteiger partial charge in [-0.05, 0) is 31.3 Å². The van der Waals surface area contributed by atoms with Crippen LogP contribution in [0.2, 0.25) is 0 Å². The molecular weight excluding hydrogens is 246 g/mol. The van der Waals surface area contributed by atoms with Crippen molar-refractivity contribution in [2.75, 3.05) is 19.6 Å². The molecular formula is C18H27NO. The first kappa shape index (κ1) is 15.2. The number of piperidine rings is 1. The summed E-state index contributed by atoms with van der Waals surface area (Å²) in [4.78, 5) is 15.1. The van der Waals surface area contributed by atoms with Crippen LogP contribution in [0.3, 0.4) is 0 Å². The molecule has 0 amide bonds. The molecule has 1 aliphatic rings. The van der Waals surface area contributed by atoms with Crippen LogP contribution < -0.4 is 0 Å². The third-order valence-corrected chi connectivity index (χ3v) is 4.48. The van der Waals surface area contributed by atoms with Crippen molar-refractivity contribution in [1.82, 2.24) is 4.90 Å². The summed E-state index contributed by atoms with van der Waals surface area (Å²) in [5, 5.41) is 0. The van der Waals surface area contributed by atoms with Crippen LogP contribution in [0.4, 0.5) is 0 Å². The molecule has 2 rings (SSSR count). The van der Waals surface area contributed by atoms with Crippen molar-refractivity contribution in [2.24, 2.45) is 10.8 Å². The van der Waals surface area contributed by atoms with Gasteiger partial charge in [0.15, 0.2) is 5.78 Å². The zero-order valence-corrected chi connectivity index (χ0v) is 13.3. The molecule has 0 spiro atoms. The Labute approximate surface area is 123 Å². The lowest BCUT2D eigenvalue weighted by atomic mass is 9.80. The van der Waals surface area contributed by atoms with Crippen molar-refractivity contribution in [3.63, 3.8) is 0 Å². The molecule has 1 aliphatic heterocycles. The van der Waals surface area contributed by atoms with Crippen LogP contribution in [0.5, 0.6) is 0 Å². The minimum atomic E-state index is -0.317. The normalized spacial score (nSPS) is 19.8. The molecule has 2 heteroatoms. The Morgan fingerprint density at radius 3 is 2.25 bits per heavy atom. The van der Waals surface area contributed by atoms with E-state index in [0.717, 1.165) is 25.2 Å². The molecule has 1 aromatic carbocycles. The van der Waals surface area contributed by atoms with Gasteiger partial charge in [0, 0.05) is 17.5 Å².